The van der Waals surface area contributed by atoms with Crippen molar-refractivity contribution < 1.29 is 0 Å². The molecule has 0 spiro atoms. The molecule has 4 heteroatoms. The first-order valence-electron chi connectivity index (χ1n) is 5.18. The SMILES string of the molecule is C.Cc1cc(C)c(=S)n(C)c1-c1ccn(C)n1. The standard InChI is InChI=1S/C12H15N3S.CH4/c1-8-7-9(2)12(16)15(4)11(8)10-5-6-14(3)13-10;/h5-7H,1-4H3;1H4. The minimum absolute atomic E-state index is 0. The molecule has 2 rings (SSSR count). The molecule has 3 nitrogen and oxygen atoms in total. The van der Waals surface area contributed by atoms with Crippen molar-refractivity contribution in [2.45, 2.75) is 21.3 Å². The van der Waals surface area contributed by atoms with Gasteiger partial charge < -0.3 is 4.57 Å². The van der Waals surface area contributed by atoms with Crippen LogP contribution in [0.2, 0.25) is 0 Å². The monoisotopic (exact) mass is 249 g/mol. The van der Waals surface area contributed by atoms with Gasteiger partial charge in [-0.15, -0.1) is 0 Å². The summed E-state index contributed by atoms with van der Waals surface area (Å²) in [5, 5.41) is 4.42. The third-order valence-electron chi connectivity index (χ3n) is 2.74. The van der Waals surface area contributed by atoms with Crippen LogP contribution in [-0.2, 0) is 14.1 Å². The molecule has 0 saturated heterocycles. The fourth-order valence-electron chi connectivity index (χ4n) is 2.00. The number of aromatic nitrogens is 3. The summed E-state index contributed by atoms with van der Waals surface area (Å²) in [6.07, 6.45) is 1.94. The lowest BCUT2D eigenvalue weighted by atomic mass is 10.1. The lowest BCUT2D eigenvalue weighted by molar-refractivity contribution is 0.764. The molecule has 0 aliphatic carbocycles. The first-order valence-corrected chi connectivity index (χ1v) is 5.59. The summed E-state index contributed by atoms with van der Waals surface area (Å²) < 4.78 is 4.70. The molecule has 2 aromatic rings. The van der Waals surface area contributed by atoms with Crippen LogP contribution in [-0.4, -0.2) is 14.3 Å². The van der Waals surface area contributed by atoms with Gasteiger partial charge in [-0.05, 0) is 31.0 Å². The molecule has 0 atom stereocenters. The predicted octanol–water partition coefficient (Wildman–Crippen LogP) is 3.41. The van der Waals surface area contributed by atoms with E-state index in [2.05, 4.69) is 18.1 Å². The van der Waals surface area contributed by atoms with Gasteiger partial charge in [0.25, 0.3) is 0 Å². The summed E-state index contributed by atoms with van der Waals surface area (Å²) in [5.74, 6) is 0. The van der Waals surface area contributed by atoms with Crippen LogP contribution >= 0.6 is 12.2 Å². The number of rotatable bonds is 1. The third kappa shape index (κ3) is 2.31. The smallest absolute Gasteiger partial charge is 0.109 e. The molecule has 2 heterocycles. The molecule has 0 radical (unpaired) electrons. The molecular weight excluding hydrogens is 230 g/mol. The van der Waals surface area contributed by atoms with E-state index in [1.54, 1.807) is 4.68 Å². The maximum absolute atomic E-state index is 5.38. The number of hydrogen-bond donors (Lipinski definition) is 0. The first-order chi connectivity index (χ1) is 7.50. The molecule has 0 bridgehead atoms. The van der Waals surface area contributed by atoms with Crippen LogP contribution in [0, 0.1) is 18.5 Å². The van der Waals surface area contributed by atoms with E-state index in [4.69, 9.17) is 12.2 Å². The molecule has 0 amide bonds. The molecular formula is C13H19N3S. The normalized spacial score (nSPS) is 10.1. The second-order valence-corrected chi connectivity index (χ2v) is 4.48. The molecule has 0 aliphatic rings. The fraction of sp³-hybridized carbons (Fsp3) is 0.385. The second kappa shape index (κ2) is 4.84. The summed E-state index contributed by atoms with van der Waals surface area (Å²) in [6.45, 7) is 4.13. The van der Waals surface area contributed by atoms with Gasteiger partial charge in [0.15, 0.2) is 0 Å². The van der Waals surface area contributed by atoms with Gasteiger partial charge in [-0.25, -0.2) is 0 Å². The van der Waals surface area contributed by atoms with Gasteiger partial charge in [0, 0.05) is 20.3 Å². The zero-order valence-electron chi connectivity index (χ0n) is 9.98. The topological polar surface area (TPSA) is 22.8 Å². The Hall–Kier alpha value is -1.42. The predicted molar refractivity (Wildman–Crippen MR) is 74.7 cm³/mol. The summed E-state index contributed by atoms with van der Waals surface area (Å²) in [4.78, 5) is 0. The van der Waals surface area contributed by atoms with Gasteiger partial charge in [-0.3, -0.25) is 4.68 Å². The molecule has 0 saturated carbocycles. The zero-order valence-corrected chi connectivity index (χ0v) is 10.8. The van der Waals surface area contributed by atoms with Crippen LogP contribution in [0.5, 0.6) is 0 Å². The van der Waals surface area contributed by atoms with Crippen molar-refractivity contribution in [3.63, 3.8) is 0 Å². The van der Waals surface area contributed by atoms with Crippen LogP contribution in [0.4, 0.5) is 0 Å². The Morgan fingerprint density at radius 1 is 1.18 bits per heavy atom. The van der Waals surface area contributed by atoms with Gasteiger partial charge in [0.05, 0.1) is 5.69 Å². The summed E-state index contributed by atoms with van der Waals surface area (Å²) >= 11 is 5.38. The number of nitrogens with zero attached hydrogens (tertiary/aromatic N) is 3. The quantitative estimate of drug-likeness (QED) is 0.723. The Morgan fingerprint density at radius 3 is 2.35 bits per heavy atom. The zero-order chi connectivity index (χ0) is 11.9. The van der Waals surface area contributed by atoms with Gasteiger partial charge in [0.1, 0.15) is 10.3 Å². The molecule has 0 aromatic carbocycles. The van der Waals surface area contributed by atoms with Crippen LogP contribution in [0.1, 0.15) is 18.6 Å². The Labute approximate surface area is 108 Å². The van der Waals surface area contributed by atoms with E-state index in [9.17, 15) is 0 Å². The lowest BCUT2D eigenvalue weighted by Gasteiger charge is -2.12. The molecule has 0 N–H and O–H groups in total. The van der Waals surface area contributed by atoms with Crippen molar-refractivity contribution in [3.8, 4) is 11.4 Å². The van der Waals surface area contributed by atoms with Crippen LogP contribution in [0.15, 0.2) is 18.3 Å². The molecule has 0 unspecified atom stereocenters. The molecule has 17 heavy (non-hydrogen) atoms. The average molecular weight is 249 g/mol. The third-order valence-corrected chi connectivity index (χ3v) is 3.34. The molecule has 2 aromatic heterocycles. The van der Waals surface area contributed by atoms with Gasteiger partial charge in [0.2, 0.25) is 0 Å². The van der Waals surface area contributed by atoms with Crippen molar-refractivity contribution in [3.05, 3.63) is 34.1 Å². The van der Waals surface area contributed by atoms with Crippen molar-refractivity contribution in [1.29, 1.82) is 0 Å². The lowest BCUT2D eigenvalue weighted by Crippen LogP contribution is -2.03. The minimum atomic E-state index is 0. The van der Waals surface area contributed by atoms with Gasteiger partial charge in [-0.1, -0.05) is 25.7 Å². The van der Waals surface area contributed by atoms with E-state index >= 15 is 0 Å². The van der Waals surface area contributed by atoms with E-state index in [0.29, 0.717) is 0 Å². The average Bonchev–Trinajstić information content (AvgIpc) is 2.61. The maximum atomic E-state index is 5.38. The van der Waals surface area contributed by atoms with Crippen molar-refractivity contribution in [2.24, 2.45) is 14.1 Å². The highest BCUT2D eigenvalue weighted by atomic mass is 32.1. The van der Waals surface area contributed by atoms with Gasteiger partial charge in [-0.2, -0.15) is 5.10 Å². The highest BCUT2D eigenvalue weighted by Crippen LogP contribution is 2.22. The van der Waals surface area contributed by atoms with E-state index in [1.165, 1.54) is 5.56 Å². The van der Waals surface area contributed by atoms with Crippen molar-refractivity contribution >= 4 is 12.2 Å². The van der Waals surface area contributed by atoms with E-state index in [0.717, 1.165) is 21.6 Å². The first kappa shape index (κ1) is 13.6. The summed E-state index contributed by atoms with van der Waals surface area (Å²) in [5.41, 5.74) is 4.40. The number of pyridine rings is 1. The van der Waals surface area contributed by atoms with Crippen molar-refractivity contribution in [1.82, 2.24) is 14.3 Å². The number of aryl methyl sites for hydroxylation is 3. The highest BCUT2D eigenvalue weighted by Gasteiger charge is 2.09. The van der Waals surface area contributed by atoms with E-state index < -0.39 is 0 Å². The van der Waals surface area contributed by atoms with Gasteiger partial charge >= 0.3 is 0 Å². The minimum Gasteiger partial charge on any atom is -0.333 e. The molecule has 0 fully saturated rings. The largest absolute Gasteiger partial charge is 0.333 e. The van der Waals surface area contributed by atoms with Crippen molar-refractivity contribution in [2.75, 3.05) is 0 Å². The molecule has 0 aliphatic heterocycles. The Morgan fingerprint density at radius 2 is 1.82 bits per heavy atom. The molecule has 92 valence electrons. The fourth-order valence-corrected chi connectivity index (χ4v) is 2.15. The van der Waals surface area contributed by atoms with E-state index in [1.807, 2.05) is 37.8 Å². The van der Waals surface area contributed by atoms with Crippen LogP contribution in [0.3, 0.4) is 0 Å². The summed E-state index contributed by atoms with van der Waals surface area (Å²) in [6, 6.07) is 4.12. The van der Waals surface area contributed by atoms with E-state index in [-0.39, 0.29) is 7.43 Å². The van der Waals surface area contributed by atoms with Crippen LogP contribution < -0.4 is 0 Å². The Bertz CT molecular complexity index is 593. The Kier molecular flexibility index (Phi) is 3.88. The second-order valence-electron chi connectivity index (χ2n) is 4.10. The maximum Gasteiger partial charge on any atom is 0.109 e. The highest BCUT2D eigenvalue weighted by molar-refractivity contribution is 7.71. The Balaban J connectivity index is 0.00000144. The number of hydrogen-bond acceptors (Lipinski definition) is 2. The summed E-state index contributed by atoms with van der Waals surface area (Å²) in [7, 11) is 3.91. The van der Waals surface area contributed by atoms with Crippen LogP contribution in [0.25, 0.3) is 11.4 Å².